The number of hydrogen-bond donors (Lipinski definition) is 1. The molecule has 0 unspecified atom stereocenters. The Hall–Kier alpha value is -1.86. The standard InChI is InChI=1S/C21H32N2O4S/c1-16(17(2)27-21(24)23(3)4)15-20(18-11-7-5-8-12-18)22-28(25,26)19-13-9-6-10-14-19/h6,9-10,13-14,17-18,20,22H,1,5,7-8,11-12,15H2,2-4H3/t17-,20-/m1/s1. The normalized spacial score (nSPS) is 17.5. The lowest BCUT2D eigenvalue weighted by Crippen LogP contribution is -2.42. The Morgan fingerprint density at radius 2 is 1.82 bits per heavy atom. The van der Waals surface area contributed by atoms with E-state index in [4.69, 9.17) is 4.74 Å². The Kier molecular flexibility index (Phi) is 8.07. The molecular formula is C21H32N2O4S. The molecule has 0 spiro atoms. The van der Waals surface area contributed by atoms with Gasteiger partial charge in [0.25, 0.3) is 0 Å². The summed E-state index contributed by atoms with van der Waals surface area (Å²) < 4.78 is 34.0. The average molecular weight is 409 g/mol. The molecule has 1 fully saturated rings. The van der Waals surface area contributed by atoms with Gasteiger partial charge in [0.2, 0.25) is 10.0 Å². The Morgan fingerprint density at radius 3 is 2.39 bits per heavy atom. The van der Waals surface area contributed by atoms with Crippen molar-refractivity contribution >= 4 is 16.1 Å². The van der Waals surface area contributed by atoms with Crippen LogP contribution >= 0.6 is 0 Å². The molecule has 1 aromatic carbocycles. The van der Waals surface area contributed by atoms with Gasteiger partial charge in [0, 0.05) is 20.1 Å². The van der Waals surface area contributed by atoms with E-state index in [-0.39, 0.29) is 16.9 Å². The van der Waals surface area contributed by atoms with Crippen LogP contribution in [0.25, 0.3) is 0 Å². The number of nitrogens with one attached hydrogen (secondary N) is 1. The van der Waals surface area contributed by atoms with Crippen molar-refractivity contribution in [2.24, 2.45) is 5.92 Å². The van der Waals surface area contributed by atoms with E-state index in [0.29, 0.717) is 12.0 Å². The number of carbonyl (C=O) groups excluding carboxylic acids is 1. The van der Waals surface area contributed by atoms with Crippen LogP contribution in [-0.2, 0) is 14.8 Å². The van der Waals surface area contributed by atoms with E-state index in [1.54, 1.807) is 51.4 Å². The number of rotatable bonds is 8. The van der Waals surface area contributed by atoms with Gasteiger partial charge in [-0.1, -0.05) is 44.0 Å². The van der Waals surface area contributed by atoms with E-state index in [2.05, 4.69) is 11.3 Å². The van der Waals surface area contributed by atoms with Gasteiger partial charge >= 0.3 is 6.09 Å². The van der Waals surface area contributed by atoms with E-state index < -0.39 is 22.2 Å². The Bertz CT molecular complexity index is 756. The molecule has 1 aliphatic rings. The molecule has 1 aliphatic carbocycles. The smallest absolute Gasteiger partial charge is 0.409 e. The van der Waals surface area contributed by atoms with Crippen molar-refractivity contribution in [1.82, 2.24) is 9.62 Å². The summed E-state index contributed by atoms with van der Waals surface area (Å²) in [6.45, 7) is 5.85. The van der Waals surface area contributed by atoms with Gasteiger partial charge in [-0.05, 0) is 49.8 Å². The highest BCUT2D eigenvalue weighted by molar-refractivity contribution is 7.89. The fourth-order valence-corrected chi connectivity index (χ4v) is 4.82. The van der Waals surface area contributed by atoms with E-state index in [0.717, 1.165) is 25.7 Å². The summed E-state index contributed by atoms with van der Waals surface area (Å²) in [6.07, 6.45) is 4.89. The lowest BCUT2D eigenvalue weighted by molar-refractivity contribution is 0.0941. The van der Waals surface area contributed by atoms with Gasteiger partial charge in [0.15, 0.2) is 0 Å². The molecular weight excluding hydrogens is 376 g/mol. The van der Waals surface area contributed by atoms with Gasteiger partial charge in [-0.15, -0.1) is 0 Å². The first kappa shape index (κ1) is 22.4. The first-order chi connectivity index (χ1) is 13.2. The number of sulfonamides is 1. The van der Waals surface area contributed by atoms with Crippen LogP contribution in [0.5, 0.6) is 0 Å². The van der Waals surface area contributed by atoms with Gasteiger partial charge in [-0.3, -0.25) is 0 Å². The van der Waals surface area contributed by atoms with Crippen molar-refractivity contribution in [2.75, 3.05) is 14.1 Å². The fraction of sp³-hybridized carbons (Fsp3) is 0.571. The maximum Gasteiger partial charge on any atom is 0.409 e. The van der Waals surface area contributed by atoms with Crippen LogP contribution in [0.15, 0.2) is 47.4 Å². The maximum atomic E-state index is 12.9. The zero-order valence-electron chi connectivity index (χ0n) is 17.1. The predicted molar refractivity (Wildman–Crippen MR) is 111 cm³/mol. The molecule has 28 heavy (non-hydrogen) atoms. The highest BCUT2D eigenvalue weighted by Gasteiger charge is 2.30. The molecule has 6 nitrogen and oxygen atoms in total. The van der Waals surface area contributed by atoms with E-state index >= 15 is 0 Å². The van der Waals surface area contributed by atoms with Crippen LogP contribution in [0.2, 0.25) is 0 Å². The second-order valence-electron chi connectivity index (χ2n) is 7.72. The number of amides is 1. The summed E-state index contributed by atoms with van der Waals surface area (Å²) in [5.74, 6) is 0.251. The summed E-state index contributed by atoms with van der Waals surface area (Å²) in [7, 11) is -0.380. The van der Waals surface area contributed by atoms with Crippen LogP contribution in [-0.4, -0.2) is 45.7 Å². The third kappa shape index (κ3) is 6.34. The molecule has 0 bridgehead atoms. The Morgan fingerprint density at radius 1 is 1.21 bits per heavy atom. The molecule has 0 aliphatic heterocycles. The lowest BCUT2D eigenvalue weighted by Gasteiger charge is -2.32. The van der Waals surface area contributed by atoms with Crippen LogP contribution < -0.4 is 4.72 Å². The van der Waals surface area contributed by atoms with Crippen molar-refractivity contribution in [3.63, 3.8) is 0 Å². The van der Waals surface area contributed by atoms with Gasteiger partial charge in [0.05, 0.1) is 4.90 Å². The Labute approximate surface area is 169 Å². The molecule has 0 aromatic heterocycles. The first-order valence-corrected chi connectivity index (χ1v) is 11.3. The van der Waals surface area contributed by atoms with Crippen LogP contribution in [0.3, 0.4) is 0 Å². The van der Waals surface area contributed by atoms with Gasteiger partial charge in [-0.25, -0.2) is 17.9 Å². The zero-order chi connectivity index (χ0) is 20.7. The third-order valence-electron chi connectivity index (χ3n) is 5.28. The van der Waals surface area contributed by atoms with Gasteiger partial charge < -0.3 is 9.64 Å². The van der Waals surface area contributed by atoms with Crippen LogP contribution in [0.4, 0.5) is 4.79 Å². The Balaban J connectivity index is 2.13. The van der Waals surface area contributed by atoms with Crippen molar-refractivity contribution < 1.29 is 17.9 Å². The summed E-state index contributed by atoms with van der Waals surface area (Å²) in [4.78, 5) is 13.4. The largest absolute Gasteiger partial charge is 0.442 e. The molecule has 0 radical (unpaired) electrons. The van der Waals surface area contributed by atoms with Gasteiger partial charge in [0.1, 0.15) is 6.10 Å². The monoisotopic (exact) mass is 408 g/mol. The van der Waals surface area contributed by atoms with Crippen molar-refractivity contribution in [3.05, 3.63) is 42.5 Å². The molecule has 1 aromatic rings. The second-order valence-corrected chi connectivity index (χ2v) is 9.44. The lowest BCUT2D eigenvalue weighted by atomic mass is 9.81. The van der Waals surface area contributed by atoms with E-state index in [1.807, 2.05) is 0 Å². The summed E-state index contributed by atoms with van der Waals surface area (Å²) in [5.41, 5.74) is 0.710. The van der Waals surface area contributed by atoms with E-state index in [9.17, 15) is 13.2 Å². The minimum absolute atomic E-state index is 0.251. The summed E-state index contributed by atoms with van der Waals surface area (Å²) >= 11 is 0. The molecule has 7 heteroatoms. The maximum absolute atomic E-state index is 12.9. The molecule has 1 amide bonds. The highest BCUT2D eigenvalue weighted by Crippen LogP contribution is 2.30. The number of hydrogen-bond acceptors (Lipinski definition) is 4. The van der Waals surface area contributed by atoms with Crippen molar-refractivity contribution in [1.29, 1.82) is 0 Å². The number of nitrogens with zero attached hydrogens (tertiary/aromatic N) is 1. The third-order valence-corrected chi connectivity index (χ3v) is 6.78. The minimum atomic E-state index is -3.62. The van der Waals surface area contributed by atoms with Crippen molar-refractivity contribution in [3.8, 4) is 0 Å². The summed E-state index contributed by atoms with van der Waals surface area (Å²) in [5, 5.41) is 0. The average Bonchev–Trinajstić information content (AvgIpc) is 2.68. The predicted octanol–water partition coefficient (Wildman–Crippen LogP) is 3.95. The second kappa shape index (κ2) is 10.1. The summed E-state index contributed by atoms with van der Waals surface area (Å²) in [6, 6.07) is 8.14. The number of ether oxygens (including phenoxy) is 1. The zero-order valence-corrected chi connectivity index (χ0v) is 17.9. The first-order valence-electron chi connectivity index (χ1n) is 9.83. The molecule has 0 saturated heterocycles. The molecule has 2 atom stereocenters. The number of carbonyl (C=O) groups is 1. The van der Waals surface area contributed by atoms with Crippen LogP contribution in [0, 0.1) is 5.92 Å². The SMILES string of the molecule is C=C(C[C@@H](NS(=O)(=O)c1ccccc1)C1CCCCC1)[C@@H](C)OC(=O)N(C)C. The highest BCUT2D eigenvalue weighted by atomic mass is 32.2. The van der Waals surface area contributed by atoms with Gasteiger partial charge in [-0.2, -0.15) is 0 Å². The molecule has 156 valence electrons. The molecule has 0 heterocycles. The molecule has 1 N–H and O–H groups in total. The fourth-order valence-electron chi connectivity index (χ4n) is 3.50. The van der Waals surface area contributed by atoms with E-state index in [1.165, 1.54) is 11.3 Å². The minimum Gasteiger partial charge on any atom is -0.442 e. The number of benzene rings is 1. The van der Waals surface area contributed by atoms with Crippen molar-refractivity contribution in [2.45, 2.75) is 62.5 Å². The quantitative estimate of drug-likeness (QED) is 0.661. The van der Waals surface area contributed by atoms with Crippen LogP contribution in [0.1, 0.15) is 45.4 Å². The molecule has 1 saturated carbocycles. The topological polar surface area (TPSA) is 75.7 Å². The molecule has 2 rings (SSSR count).